The van der Waals surface area contributed by atoms with Crippen LogP contribution in [0.3, 0.4) is 0 Å². The van der Waals surface area contributed by atoms with Crippen molar-refractivity contribution in [2.24, 2.45) is 11.8 Å². The Morgan fingerprint density at radius 1 is 1.20 bits per heavy atom. The Kier molecular flexibility index (Phi) is 8.50. The van der Waals surface area contributed by atoms with Gasteiger partial charge in [-0.3, -0.25) is 9.78 Å². The number of aromatic amines is 1. The van der Waals surface area contributed by atoms with Gasteiger partial charge in [-0.15, -0.1) is 0 Å². The molecule has 6 nitrogen and oxygen atoms in total. The van der Waals surface area contributed by atoms with Crippen LogP contribution in [0.1, 0.15) is 87.6 Å². The number of hydrogen-bond donors (Lipinski definition) is 2. The lowest BCUT2D eigenvalue weighted by molar-refractivity contribution is -0.000705. The minimum Gasteiger partial charge on any atom is -0.494 e. The topological polar surface area (TPSA) is 88.3 Å². The smallest absolute Gasteiger partial charge is 0.307 e. The van der Waals surface area contributed by atoms with Crippen LogP contribution in [0, 0.1) is 11.8 Å². The van der Waals surface area contributed by atoms with E-state index in [1.54, 1.807) is 0 Å². The number of nitrogens with zero attached hydrogens (tertiary/aromatic N) is 1. The van der Waals surface area contributed by atoms with Crippen molar-refractivity contribution in [3.05, 3.63) is 55.8 Å². The molecule has 2 heterocycles. The predicted octanol–water partition coefficient (Wildman–Crippen LogP) is 6.83. The zero-order chi connectivity index (χ0) is 24.9. The van der Waals surface area contributed by atoms with E-state index in [1.807, 2.05) is 0 Å². The lowest BCUT2D eigenvalue weighted by Gasteiger charge is -2.29. The van der Waals surface area contributed by atoms with Gasteiger partial charge in [0.1, 0.15) is 11.5 Å². The third-order valence-electron chi connectivity index (χ3n) is 6.77. The van der Waals surface area contributed by atoms with Gasteiger partial charge >= 0.3 is 4.87 Å². The molecule has 1 saturated carbocycles. The first kappa shape index (κ1) is 25.7. The van der Waals surface area contributed by atoms with E-state index in [-0.39, 0.29) is 22.8 Å². The van der Waals surface area contributed by atoms with Crippen molar-refractivity contribution in [2.75, 3.05) is 0 Å². The largest absolute Gasteiger partial charge is 0.494 e. The first-order valence-corrected chi connectivity index (χ1v) is 13.7. The second kappa shape index (κ2) is 11.6. The Hall–Kier alpha value is -2.38. The molecule has 1 aliphatic carbocycles. The highest BCUT2D eigenvalue weighted by Gasteiger charge is 2.25. The molecule has 3 aromatic rings. The third-order valence-corrected chi connectivity index (χ3v) is 7.70. The van der Waals surface area contributed by atoms with Crippen LogP contribution in [-0.2, 0) is 24.2 Å². The van der Waals surface area contributed by atoms with Gasteiger partial charge in [-0.05, 0) is 61.6 Å². The molecule has 35 heavy (non-hydrogen) atoms. The Balaban J connectivity index is 1.36. The maximum absolute atomic E-state index is 11.4. The fourth-order valence-corrected chi connectivity index (χ4v) is 5.74. The molecule has 1 aliphatic rings. The predicted molar refractivity (Wildman–Crippen MR) is 140 cm³/mol. The van der Waals surface area contributed by atoms with E-state index < -0.39 is 0 Å². The van der Waals surface area contributed by atoms with E-state index in [9.17, 15) is 9.90 Å². The molecule has 0 bridgehead atoms. The van der Waals surface area contributed by atoms with Crippen molar-refractivity contribution in [3.8, 4) is 17.3 Å². The van der Waals surface area contributed by atoms with Crippen molar-refractivity contribution >= 4 is 11.3 Å². The number of oxazole rings is 1. The molecule has 4 rings (SSSR count). The number of aryl methyl sites for hydroxylation is 1. The monoisotopic (exact) mass is 498 g/mol. The van der Waals surface area contributed by atoms with E-state index in [2.05, 4.69) is 56.9 Å². The van der Waals surface area contributed by atoms with Crippen LogP contribution < -0.4 is 4.87 Å². The quantitative estimate of drug-likeness (QED) is 0.320. The Labute approximate surface area is 211 Å². The van der Waals surface area contributed by atoms with Crippen LogP contribution in [-0.4, -0.2) is 21.2 Å². The van der Waals surface area contributed by atoms with Crippen molar-refractivity contribution in [3.63, 3.8) is 0 Å². The second-order valence-corrected chi connectivity index (χ2v) is 11.6. The van der Waals surface area contributed by atoms with Gasteiger partial charge in [-0.25, -0.2) is 4.98 Å². The number of hydrogen-bond acceptors (Lipinski definition) is 6. The number of benzene rings is 1. The lowest BCUT2D eigenvalue weighted by atomic mass is 9.84. The normalized spacial score (nSPS) is 18.6. The molecule has 2 aromatic heterocycles. The van der Waals surface area contributed by atoms with E-state index in [1.165, 1.54) is 5.56 Å². The van der Waals surface area contributed by atoms with Crippen molar-refractivity contribution in [1.29, 1.82) is 0 Å². The standard InChI is InChI=1S/C28H38N2O4S/c1-17(2)14-20-8-11-21(12-9-20)27-29-23(25(34-27)18(3)4)16-33-22-7-5-6-19(15-22)10-13-24-26(31)30-28(32)35-24/h8-9,11-12,17-19,22,31H,5-7,10,13-16H2,1-4H3,(H,30,32)/t19-,22-/m0/s1. The summed E-state index contributed by atoms with van der Waals surface area (Å²) in [7, 11) is 0. The summed E-state index contributed by atoms with van der Waals surface area (Å²) in [5.41, 5.74) is 3.22. The summed E-state index contributed by atoms with van der Waals surface area (Å²) in [6.07, 6.45) is 7.30. The summed E-state index contributed by atoms with van der Waals surface area (Å²) in [6.45, 7) is 9.17. The Bertz CT molecular complexity index is 1140. The molecule has 190 valence electrons. The summed E-state index contributed by atoms with van der Waals surface area (Å²) in [6, 6.07) is 8.53. The molecule has 7 heteroatoms. The molecule has 1 aromatic carbocycles. The highest BCUT2D eigenvalue weighted by atomic mass is 32.1. The van der Waals surface area contributed by atoms with Crippen molar-refractivity contribution in [1.82, 2.24) is 9.97 Å². The molecule has 0 spiro atoms. The maximum atomic E-state index is 11.4. The summed E-state index contributed by atoms with van der Waals surface area (Å²) in [5, 5.41) is 9.84. The van der Waals surface area contributed by atoms with E-state index >= 15 is 0 Å². The number of rotatable bonds is 10. The van der Waals surface area contributed by atoms with Crippen molar-refractivity contribution in [2.45, 2.75) is 91.3 Å². The van der Waals surface area contributed by atoms with Crippen LogP contribution in [0.25, 0.3) is 11.5 Å². The molecular weight excluding hydrogens is 460 g/mol. The van der Waals surface area contributed by atoms with Gasteiger partial charge in [0, 0.05) is 11.5 Å². The SMILES string of the molecule is CC(C)Cc1ccc(-c2nc(CO[C@H]3CCC[C@@H](CCc4sc(=O)[nH]c4O)C3)c(C(C)C)o2)cc1. The summed E-state index contributed by atoms with van der Waals surface area (Å²) in [4.78, 5) is 19.3. The van der Waals surface area contributed by atoms with Crippen LogP contribution in [0.2, 0.25) is 0 Å². The molecular formula is C28H38N2O4S. The van der Waals surface area contributed by atoms with Crippen LogP contribution in [0.4, 0.5) is 0 Å². The number of aromatic hydroxyl groups is 1. The molecule has 0 radical (unpaired) electrons. The first-order valence-electron chi connectivity index (χ1n) is 12.9. The van der Waals surface area contributed by atoms with Gasteiger partial charge < -0.3 is 14.3 Å². The summed E-state index contributed by atoms with van der Waals surface area (Å²) >= 11 is 1.11. The summed E-state index contributed by atoms with van der Waals surface area (Å²) < 4.78 is 12.6. The Morgan fingerprint density at radius 3 is 2.63 bits per heavy atom. The minimum absolute atomic E-state index is 0.0289. The maximum Gasteiger partial charge on any atom is 0.307 e. The van der Waals surface area contributed by atoms with Gasteiger partial charge in [0.05, 0.1) is 17.6 Å². The molecule has 0 unspecified atom stereocenters. The van der Waals surface area contributed by atoms with E-state index in [0.29, 0.717) is 24.3 Å². The van der Waals surface area contributed by atoms with Gasteiger partial charge in [0.2, 0.25) is 11.8 Å². The zero-order valence-corrected chi connectivity index (χ0v) is 22.1. The first-order chi connectivity index (χ1) is 16.8. The van der Waals surface area contributed by atoms with E-state index in [4.69, 9.17) is 14.1 Å². The van der Waals surface area contributed by atoms with Crippen LogP contribution in [0.5, 0.6) is 5.88 Å². The van der Waals surface area contributed by atoms with Gasteiger partial charge in [-0.2, -0.15) is 0 Å². The average Bonchev–Trinajstić information content (AvgIpc) is 3.39. The zero-order valence-electron chi connectivity index (χ0n) is 21.3. The van der Waals surface area contributed by atoms with Gasteiger partial charge in [-0.1, -0.05) is 64.0 Å². The van der Waals surface area contributed by atoms with Crippen LogP contribution in [0.15, 0.2) is 33.5 Å². The summed E-state index contributed by atoms with van der Waals surface area (Å²) in [5.74, 6) is 2.99. The number of H-pyrrole nitrogens is 1. The number of nitrogens with one attached hydrogen (secondary N) is 1. The minimum atomic E-state index is -0.193. The number of aromatic nitrogens is 2. The fraction of sp³-hybridized carbons (Fsp3) is 0.571. The molecule has 1 fully saturated rings. The molecule has 0 saturated heterocycles. The second-order valence-electron chi connectivity index (χ2n) is 10.6. The van der Waals surface area contributed by atoms with Gasteiger partial charge in [0.15, 0.2) is 0 Å². The Morgan fingerprint density at radius 2 is 1.97 bits per heavy atom. The average molecular weight is 499 g/mol. The number of ether oxygens (including phenoxy) is 1. The molecule has 2 N–H and O–H groups in total. The van der Waals surface area contributed by atoms with E-state index in [0.717, 1.165) is 78.2 Å². The third kappa shape index (κ3) is 6.85. The molecule has 0 amide bonds. The van der Waals surface area contributed by atoms with Crippen LogP contribution >= 0.6 is 11.3 Å². The number of thiazole rings is 1. The fourth-order valence-electron chi connectivity index (χ4n) is 5.01. The van der Waals surface area contributed by atoms with Gasteiger partial charge in [0.25, 0.3) is 0 Å². The molecule has 0 aliphatic heterocycles. The van der Waals surface area contributed by atoms with Crippen molar-refractivity contribution < 1.29 is 14.3 Å². The lowest BCUT2D eigenvalue weighted by Crippen LogP contribution is -2.23. The molecule has 2 atom stereocenters. The highest BCUT2D eigenvalue weighted by molar-refractivity contribution is 7.09. The highest BCUT2D eigenvalue weighted by Crippen LogP contribution is 2.33.